The second-order valence-electron chi connectivity index (χ2n) is 4.45. The van der Waals surface area contributed by atoms with Crippen molar-refractivity contribution in [1.29, 1.82) is 0 Å². The molecule has 0 saturated carbocycles. The van der Waals surface area contributed by atoms with Crippen LogP contribution in [0.2, 0.25) is 0 Å². The second-order valence-corrected chi connectivity index (χ2v) is 4.45. The number of hydrogen-bond donors (Lipinski definition) is 1. The minimum Gasteiger partial charge on any atom is -0.469 e. The van der Waals surface area contributed by atoms with Crippen LogP contribution in [0.15, 0.2) is 29.0 Å². The topological polar surface area (TPSA) is 43.0 Å². The molecule has 0 bridgehead atoms. The zero-order valence-electron chi connectivity index (χ0n) is 11.3. The van der Waals surface area contributed by atoms with E-state index in [-0.39, 0.29) is 6.04 Å². The van der Waals surface area contributed by atoms with Gasteiger partial charge in [0.05, 0.1) is 18.0 Å². The summed E-state index contributed by atoms with van der Waals surface area (Å²) in [7, 11) is 0. The lowest BCUT2D eigenvalue weighted by Crippen LogP contribution is -2.25. The fourth-order valence-corrected chi connectivity index (χ4v) is 2.15. The van der Waals surface area contributed by atoms with Gasteiger partial charge in [-0.2, -0.15) is 5.10 Å². The van der Waals surface area contributed by atoms with Crippen LogP contribution >= 0.6 is 0 Å². The van der Waals surface area contributed by atoms with Gasteiger partial charge in [-0.1, -0.05) is 6.92 Å². The predicted molar refractivity (Wildman–Crippen MR) is 71.5 cm³/mol. The summed E-state index contributed by atoms with van der Waals surface area (Å²) >= 11 is 0. The molecule has 0 radical (unpaired) electrons. The van der Waals surface area contributed by atoms with Gasteiger partial charge in [-0.3, -0.25) is 4.68 Å². The van der Waals surface area contributed by atoms with Crippen LogP contribution in [0.4, 0.5) is 0 Å². The molecule has 0 aliphatic rings. The van der Waals surface area contributed by atoms with Gasteiger partial charge >= 0.3 is 0 Å². The van der Waals surface area contributed by atoms with Crippen molar-refractivity contribution in [2.45, 2.75) is 39.8 Å². The first-order valence-corrected chi connectivity index (χ1v) is 6.56. The highest BCUT2D eigenvalue weighted by atomic mass is 16.3. The Labute approximate surface area is 108 Å². The lowest BCUT2D eigenvalue weighted by Gasteiger charge is -2.18. The Bertz CT molecular complexity index is 487. The number of rotatable bonds is 6. The number of aromatic nitrogens is 2. The number of furan rings is 1. The van der Waals surface area contributed by atoms with E-state index in [0.29, 0.717) is 0 Å². The van der Waals surface area contributed by atoms with E-state index in [9.17, 15) is 0 Å². The molecule has 1 N–H and O–H groups in total. The van der Waals surface area contributed by atoms with Crippen LogP contribution < -0.4 is 5.32 Å². The van der Waals surface area contributed by atoms with Gasteiger partial charge in [0, 0.05) is 18.3 Å². The Morgan fingerprint density at radius 3 is 2.89 bits per heavy atom. The maximum Gasteiger partial charge on any atom is 0.101 e. The quantitative estimate of drug-likeness (QED) is 0.853. The van der Waals surface area contributed by atoms with Crippen molar-refractivity contribution in [3.05, 3.63) is 41.6 Å². The number of aryl methyl sites for hydroxylation is 2. The summed E-state index contributed by atoms with van der Waals surface area (Å²) in [6.07, 6.45) is 4.79. The predicted octanol–water partition coefficient (Wildman–Crippen LogP) is 2.89. The van der Waals surface area contributed by atoms with Crippen LogP contribution in [-0.2, 0) is 6.54 Å². The molecule has 4 nitrogen and oxygen atoms in total. The van der Waals surface area contributed by atoms with Gasteiger partial charge in [0.15, 0.2) is 0 Å². The zero-order valence-corrected chi connectivity index (χ0v) is 11.3. The van der Waals surface area contributed by atoms with Crippen molar-refractivity contribution in [2.75, 3.05) is 6.54 Å². The van der Waals surface area contributed by atoms with E-state index in [2.05, 4.69) is 36.4 Å². The Morgan fingerprint density at radius 1 is 1.44 bits per heavy atom. The Balaban J connectivity index is 2.30. The Morgan fingerprint density at radius 2 is 2.28 bits per heavy atom. The smallest absolute Gasteiger partial charge is 0.101 e. The van der Waals surface area contributed by atoms with Crippen molar-refractivity contribution in [2.24, 2.45) is 0 Å². The normalized spacial score (nSPS) is 12.8. The first-order chi connectivity index (χ1) is 8.76. The zero-order chi connectivity index (χ0) is 13.0. The monoisotopic (exact) mass is 247 g/mol. The molecule has 2 aromatic rings. The van der Waals surface area contributed by atoms with E-state index in [1.807, 2.05) is 24.1 Å². The van der Waals surface area contributed by atoms with E-state index in [0.717, 1.165) is 30.8 Å². The molecular weight excluding hydrogens is 226 g/mol. The Kier molecular flexibility index (Phi) is 4.20. The fraction of sp³-hybridized carbons (Fsp3) is 0.500. The van der Waals surface area contributed by atoms with E-state index in [1.54, 1.807) is 0 Å². The van der Waals surface area contributed by atoms with Gasteiger partial charge in [0.1, 0.15) is 5.76 Å². The number of nitrogens with one attached hydrogen (secondary N) is 1. The summed E-state index contributed by atoms with van der Waals surface area (Å²) in [4.78, 5) is 0. The highest BCUT2D eigenvalue weighted by Gasteiger charge is 2.18. The molecule has 2 rings (SSSR count). The lowest BCUT2D eigenvalue weighted by molar-refractivity contribution is 0.508. The molecule has 0 aliphatic carbocycles. The fourth-order valence-electron chi connectivity index (χ4n) is 2.15. The van der Waals surface area contributed by atoms with Gasteiger partial charge in [-0.25, -0.2) is 0 Å². The van der Waals surface area contributed by atoms with Crippen molar-refractivity contribution in [3.8, 4) is 0 Å². The largest absolute Gasteiger partial charge is 0.469 e. The molecule has 2 aromatic heterocycles. The van der Waals surface area contributed by atoms with Gasteiger partial charge in [0.25, 0.3) is 0 Å². The molecule has 2 heterocycles. The van der Waals surface area contributed by atoms with Crippen molar-refractivity contribution in [1.82, 2.24) is 15.1 Å². The molecule has 0 aliphatic heterocycles. The molecule has 1 atom stereocenters. The summed E-state index contributed by atoms with van der Waals surface area (Å²) in [5.41, 5.74) is 2.35. The lowest BCUT2D eigenvalue weighted by atomic mass is 10.1. The van der Waals surface area contributed by atoms with Crippen LogP contribution in [-0.4, -0.2) is 16.3 Å². The number of nitrogens with zero attached hydrogens (tertiary/aromatic N) is 2. The molecular formula is C14H21N3O. The molecule has 4 heteroatoms. The molecule has 98 valence electrons. The van der Waals surface area contributed by atoms with Crippen LogP contribution in [0.5, 0.6) is 0 Å². The van der Waals surface area contributed by atoms with Crippen LogP contribution in [0.25, 0.3) is 0 Å². The van der Waals surface area contributed by atoms with Crippen molar-refractivity contribution in [3.63, 3.8) is 0 Å². The molecule has 0 saturated heterocycles. The SMILES string of the molecule is CCCNC(c1coc(C)c1)c1ccnn1CC. The third-order valence-corrected chi connectivity index (χ3v) is 3.03. The summed E-state index contributed by atoms with van der Waals surface area (Å²) < 4.78 is 7.45. The molecule has 0 spiro atoms. The molecule has 0 aromatic carbocycles. The minimum atomic E-state index is 0.157. The van der Waals surface area contributed by atoms with Gasteiger partial charge in [-0.05, 0) is 38.9 Å². The Hall–Kier alpha value is -1.55. The standard InChI is InChI=1S/C14H21N3O/c1-4-7-15-14(12-9-11(3)18-10-12)13-6-8-16-17(13)5-2/h6,8-10,14-15H,4-5,7H2,1-3H3. The van der Waals surface area contributed by atoms with E-state index in [1.165, 1.54) is 5.69 Å². The highest BCUT2D eigenvalue weighted by Crippen LogP contribution is 2.23. The molecule has 1 unspecified atom stereocenters. The van der Waals surface area contributed by atoms with Gasteiger partial charge < -0.3 is 9.73 Å². The summed E-state index contributed by atoms with van der Waals surface area (Å²) in [6.45, 7) is 8.10. The van der Waals surface area contributed by atoms with Crippen LogP contribution in [0.1, 0.15) is 43.3 Å². The van der Waals surface area contributed by atoms with E-state index in [4.69, 9.17) is 4.42 Å². The minimum absolute atomic E-state index is 0.157. The average molecular weight is 247 g/mol. The van der Waals surface area contributed by atoms with Crippen LogP contribution in [0.3, 0.4) is 0 Å². The number of hydrogen-bond acceptors (Lipinski definition) is 3. The second kappa shape index (κ2) is 5.87. The van der Waals surface area contributed by atoms with Gasteiger partial charge in [0.2, 0.25) is 0 Å². The summed E-state index contributed by atoms with van der Waals surface area (Å²) in [5, 5.41) is 7.90. The van der Waals surface area contributed by atoms with Crippen LogP contribution in [0, 0.1) is 6.92 Å². The highest BCUT2D eigenvalue weighted by molar-refractivity contribution is 5.26. The molecule has 0 fully saturated rings. The maximum absolute atomic E-state index is 5.43. The molecule has 18 heavy (non-hydrogen) atoms. The third kappa shape index (κ3) is 2.64. The summed E-state index contributed by atoms with van der Waals surface area (Å²) in [6, 6.07) is 4.31. The first-order valence-electron chi connectivity index (χ1n) is 6.56. The maximum atomic E-state index is 5.43. The van der Waals surface area contributed by atoms with Crippen molar-refractivity contribution < 1.29 is 4.42 Å². The first kappa shape index (κ1) is 12.9. The van der Waals surface area contributed by atoms with Crippen molar-refractivity contribution >= 4 is 0 Å². The van der Waals surface area contributed by atoms with E-state index >= 15 is 0 Å². The average Bonchev–Trinajstić information content (AvgIpc) is 2.99. The summed E-state index contributed by atoms with van der Waals surface area (Å²) in [5.74, 6) is 0.941. The van der Waals surface area contributed by atoms with Gasteiger partial charge in [-0.15, -0.1) is 0 Å². The third-order valence-electron chi connectivity index (χ3n) is 3.03. The van der Waals surface area contributed by atoms with E-state index < -0.39 is 0 Å². The molecule has 0 amide bonds.